The van der Waals surface area contributed by atoms with Crippen LogP contribution in [-0.2, 0) is 0 Å². The van der Waals surface area contributed by atoms with Crippen LogP contribution in [0.4, 0.5) is 17.6 Å². The van der Waals surface area contributed by atoms with Crippen molar-refractivity contribution in [1.82, 2.24) is 4.90 Å². The van der Waals surface area contributed by atoms with E-state index >= 15 is 0 Å². The van der Waals surface area contributed by atoms with Crippen LogP contribution in [0.1, 0.15) is 20.7 Å². The van der Waals surface area contributed by atoms with E-state index in [0.717, 1.165) is 0 Å². The molecule has 0 radical (unpaired) electrons. The van der Waals surface area contributed by atoms with Crippen LogP contribution in [-0.4, -0.2) is 40.9 Å². The molecule has 102 valence electrons. The van der Waals surface area contributed by atoms with Gasteiger partial charge in [-0.1, -0.05) is 0 Å². The van der Waals surface area contributed by atoms with E-state index in [2.05, 4.69) is 0 Å². The summed E-state index contributed by atoms with van der Waals surface area (Å²) in [5.74, 6) is -8.67. The maximum Gasteiger partial charge on any atom is 0.288 e. The topological polar surface area (TPSA) is 57.6 Å². The molecule has 2 rings (SSSR count). The Morgan fingerprint density at radius 3 is 1.84 bits per heavy atom. The van der Waals surface area contributed by atoms with E-state index in [1.807, 2.05) is 0 Å². The molecule has 0 aliphatic carbocycles. The summed E-state index contributed by atoms with van der Waals surface area (Å²) in [5.41, 5.74) is -0.949. The van der Waals surface area contributed by atoms with Crippen molar-refractivity contribution in [2.24, 2.45) is 0 Å². The summed E-state index contributed by atoms with van der Waals surface area (Å²) in [6.07, 6.45) is 0. The highest BCUT2D eigenvalue weighted by molar-refractivity contribution is 6.21. The van der Waals surface area contributed by atoms with Crippen molar-refractivity contribution in [2.75, 3.05) is 13.2 Å². The Morgan fingerprint density at radius 1 is 1.05 bits per heavy atom. The van der Waals surface area contributed by atoms with E-state index in [1.165, 1.54) is 0 Å². The van der Waals surface area contributed by atoms with E-state index in [9.17, 15) is 27.2 Å². The molecule has 0 unspecified atom stereocenters. The van der Waals surface area contributed by atoms with Gasteiger partial charge in [-0.15, -0.1) is 0 Å². The molecule has 0 fully saturated rings. The van der Waals surface area contributed by atoms with Gasteiger partial charge in [0.15, 0.2) is 11.6 Å². The fourth-order valence-corrected chi connectivity index (χ4v) is 1.71. The summed E-state index contributed by atoms with van der Waals surface area (Å²) in [6.45, 7) is -2.90. The normalized spacial score (nSPS) is 15.1. The zero-order valence-corrected chi connectivity index (χ0v) is 9.29. The third kappa shape index (κ3) is 2.19. The smallest absolute Gasteiger partial charge is 0.288 e. The van der Waals surface area contributed by atoms with Gasteiger partial charge in [-0.3, -0.25) is 14.5 Å². The first-order chi connectivity index (χ1) is 8.76. The Morgan fingerprint density at radius 2 is 1.47 bits per heavy atom. The van der Waals surface area contributed by atoms with Crippen LogP contribution >= 0.6 is 0 Å². The molecule has 0 saturated heterocycles. The molecular weight excluding hydrogens is 270 g/mol. The van der Waals surface area contributed by atoms with Gasteiger partial charge in [0.1, 0.15) is 6.61 Å². The van der Waals surface area contributed by atoms with E-state index in [1.54, 1.807) is 0 Å². The Balaban J connectivity index is 2.39. The Hall–Kier alpha value is -1.96. The van der Waals surface area contributed by atoms with Crippen LogP contribution in [0, 0.1) is 11.6 Å². The van der Waals surface area contributed by atoms with E-state index < -0.39 is 53.6 Å². The first-order valence-corrected chi connectivity index (χ1v) is 5.11. The molecule has 1 aromatic rings. The molecule has 0 aromatic heterocycles. The number of hydrogen-bond acceptors (Lipinski definition) is 3. The number of aliphatic hydroxyl groups excluding tert-OH is 1. The van der Waals surface area contributed by atoms with Crippen LogP contribution in [0.15, 0.2) is 12.1 Å². The summed E-state index contributed by atoms with van der Waals surface area (Å²) in [6, 6.07) is 0.976. The van der Waals surface area contributed by atoms with E-state index in [0.29, 0.717) is 12.1 Å². The number of alkyl halides is 2. The number of amides is 2. The quantitative estimate of drug-likeness (QED) is 0.667. The molecule has 1 heterocycles. The van der Waals surface area contributed by atoms with Gasteiger partial charge in [0, 0.05) is 0 Å². The Labute approximate surface area is 104 Å². The lowest BCUT2D eigenvalue weighted by atomic mass is 10.1. The predicted molar refractivity (Wildman–Crippen MR) is 53.8 cm³/mol. The molecule has 4 nitrogen and oxygen atoms in total. The molecule has 1 aliphatic rings. The first-order valence-electron chi connectivity index (χ1n) is 5.11. The van der Waals surface area contributed by atoms with Crippen molar-refractivity contribution < 1.29 is 32.3 Å². The highest BCUT2D eigenvalue weighted by Gasteiger charge is 2.42. The Kier molecular flexibility index (Phi) is 3.05. The third-order valence-corrected chi connectivity index (χ3v) is 2.63. The van der Waals surface area contributed by atoms with Crippen LogP contribution in [0.3, 0.4) is 0 Å². The zero-order chi connectivity index (χ0) is 14.4. The predicted octanol–water partition coefficient (Wildman–Crippen LogP) is 1.19. The molecule has 0 bridgehead atoms. The molecule has 2 amide bonds. The second kappa shape index (κ2) is 4.30. The molecule has 1 aromatic carbocycles. The average molecular weight is 277 g/mol. The summed E-state index contributed by atoms with van der Waals surface area (Å²) in [7, 11) is 0. The average Bonchev–Trinajstić information content (AvgIpc) is 2.56. The number of imide groups is 1. The van der Waals surface area contributed by atoms with Gasteiger partial charge in [0.25, 0.3) is 17.7 Å². The minimum atomic E-state index is -3.68. The molecular formula is C11H7F4NO3. The molecule has 8 heteroatoms. The number of rotatable bonds is 3. The standard InChI is InChI=1S/C11H7F4NO3/c12-7-1-5-6(2-8(7)13)10(19)16(9(5)18)3-11(14,15)4-17/h1-2,17H,3-4H2. The van der Waals surface area contributed by atoms with Crippen molar-refractivity contribution in [2.45, 2.75) is 5.92 Å². The number of halogens is 4. The number of nitrogens with zero attached hydrogens (tertiary/aromatic N) is 1. The van der Waals surface area contributed by atoms with Gasteiger partial charge >= 0.3 is 0 Å². The molecule has 0 atom stereocenters. The van der Waals surface area contributed by atoms with Crippen molar-refractivity contribution in [3.8, 4) is 0 Å². The third-order valence-electron chi connectivity index (χ3n) is 2.63. The second-order valence-electron chi connectivity index (χ2n) is 4.02. The van der Waals surface area contributed by atoms with Gasteiger partial charge in [0.05, 0.1) is 17.7 Å². The van der Waals surface area contributed by atoms with Crippen molar-refractivity contribution in [1.29, 1.82) is 0 Å². The van der Waals surface area contributed by atoms with Crippen molar-refractivity contribution >= 4 is 11.8 Å². The van der Waals surface area contributed by atoms with Crippen LogP contribution in [0.25, 0.3) is 0 Å². The number of aliphatic hydroxyl groups is 1. The number of hydrogen-bond donors (Lipinski definition) is 1. The molecule has 19 heavy (non-hydrogen) atoms. The van der Waals surface area contributed by atoms with Gasteiger partial charge in [-0.05, 0) is 12.1 Å². The highest BCUT2D eigenvalue weighted by atomic mass is 19.3. The van der Waals surface area contributed by atoms with Gasteiger partial charge < -0.3 is 5.11 Å². The summed E-state index contributed by atoms with van der Waals surface area (Å²) >= 11 is 0. The monoisotopic (exact) mass is 277 g/mol. The number of fused-ring (bicyclic) bond motifs is 1. The Bertz CT molecular complexity index is 532. The van der Waals surface area contributed by atoms with E-state index in [4.69, 9.17) is 5.11 Å². The number of carbonyl (C=O) groups excluding carboxylic acids is 2. The van der Waals surface area contributed by atoms with E-state index in [-0.39, 0.29) is 4.90 Å². The van der Waals surface area contributed by atoms with Gasteiger partial charge in [0.2, 0.25) is 0 Å². The fourth-order valence-electron chi connectivity index (χ4n) is 1.71. The maximum absolute atomic E-state index is 13.0. The van der Waals surface area contributed by atoms with Gasteiger partial charge in [-0.2, -0.15) is 0 Å². The van der Waals surface area contributed by atoms with Crippen LogP contribution in [0.2, 0.25) is 0 Å². The largest absolute Gasteiger partial charge is 0.390 e. The molecule has 0 spiro atoms. The minimum absolute atomic E-state index is 0.153. The maximum atomic E-state index is 13.0. The molecule has 1 aliphatic heterocycles. The van der Waals surface area contributed by atoms with Crippen LogP contribution < -0.4 is 0 Å². The lowest BCUT2D eigenvalue weighted by molar-refractivity contribution is -0.0627. The molecule has 1 N–H and O–H groups in total. The van der Waals surface area contributed by atoms with Crippen molar-refractivity contribution in [3.05, 3.63) is 34.9 Å². The van der Waals surface area contributed by atoms with Gasteiger partial charge in [-0.25, -0.2) is 17.6 Å². The minimum Gasteiger partial charge on any atom is -0.390 e. The fraction of sp³-hybridized carbons (Fsp3) is 0.273. The SMILES string of the molecule is O=C1c2cc(F)c(F)cc2C(=O)N1CC(F)(F)CO. The number of benzene rings is 1. The zero-order valence-electron chi connectivity index (χ0n) is 9.29. The lowest BCUT2D eigenvalue weighted by Gasteiger charge is -2.20. The highest BCUT2D eigenvalue weighted by Crippen LogP contribution is 2.27. The summed E-state index contributed by atoms with van der Waals surface area (Å²) in [5, 5.41) is 8.41. The van der Waals surface area contributed by atoms with Crippen molar-refractivity contribution in [3.63, 3.8) is 0 Å². The number of carbonyl (C=O) groups is 2. The summed E-state index contributed by atoms with van der Waals surface area (Å²) < 4.78 is 51.9. The summed E-state index contributed by atoms with van der Waals surface area (Å²) in [4.78, 5) is 23.5. The molecule has 0 saturated carbocycles. The first kappa shape index (κ1) is 13.5. The lowest BCUT2D eigenvalue weighted by Crippen LogP contribution is -2.42. The second-order valence-corrected chi connectivity index (χ2v) is 4.02. The van der Waals surface area contributed by atoms with Crippen LogP contribution in [0.5, 0.6) is 0 Å².